The summed E-state index contributed by atoms with van der Waals surface area (Å²) < 4.78 is 22.3. The van der Waals surface area contributed by atoms with Crippen molar-refractivity contribution >= 4 is 22.0 Å². The molecule has 2 rings (SSSR count). The van der Waals surface area contributed by atoms with Crippen LogP contribution in [0.2, 0.25) is 0 Å². The van der Waals surface area contributed by atoms with Gasteiger partial charge in [0.25, 0.3) is 0 Å². The van der Waals surface area contributed by atoms with Crippen molar-refractivity contribution < 1.29 is 18.0 Å². The van der Waals surface area contributed by atoms with Crippen LogP contribution in [-0.2, 0) is 21.2 Å². The van der Waals surface area contributed by atoms with Crippen molar-refractivity contribution in [3.8, 4) is 0 Å². The minimum absolute atomic E-state index is 0.0540. The van der Waals surface area contributed by atoms with Gasteiger partial charge in [-0.3, -0.25) is 9.69 Å². The van der Waals surface area contributed by atoms with Crippen molar-refractivity contribution in [2.75, 3.05) is 13.1 Å². The summed E-state index contributed by atoms with van der Waals surface area (Å²) in [5.41, 5.74) is 0.872. The van der Waals surface area contributed by atoms with E-state index in [9.17, 15) is 18.0 Å². The van der Waals surface area contributed by atoms with E-state index in [2.05, 4.69) is 5.32 Å². The molecule has 3 N–H and O–H groups in total. The highest BCUT2D eigenvalue weighted by atomic mass is 32.2. The molecule has 1 fully saturated rings. The Morgan fingerprint density at radius 1 is 1.35 bits per heavy atom. The smallest absolute Gasteiger partial charge is 0.324 e. The number of hydrogen-bond donors (Lipinski definition) is 2. The first kappa shape index (κ1) is 17.4. The fourth-order valence-electron chi connectivity index (χ4n) is 2.45. The summed E-state index contributed by atoms with van der Waals surface area (Å²) in [5.74, 6) is 0.183. The lowest BCUT2D eigenvalue weighted by Crippen LogP contribution is -2.48. The summed E-state index contributed by atoms with van der Waals surface area (Å²) in [7, 11) is -3.69. The molecule has 1 heterocycles. The fourth-order valence-corrected chi connectivity index (χ4v) is 2.97. The lowest BCUT2D eigenvalue weighted by molar-refractivity contribution is -0.131. The molecule has 0 saturated carbocycles. The zero-order chi connectivity index (χ0) is 17.0. The maximum atomic E-state index is 12.0. The van der Waals surface area contributed by atoms with Gasteiger partial charge in [-0.15, -0.1) is 0 Å². The van der Waals surface area contributed by atoms with Gasteiger partial charge in [-0.05, 0) is 36.5 Å². The highest BCUT2D eigenvalue weighted by Crippen LogP contribution is 2.17. The normalized spacial score (nSPS) is 18.8. The van der Waals surface area contributed by atoms with Crippen LogP contribution >= 0.6 is 0 Å². The third-order valence-electron chi connectivity index (χ3n) is 3.86. The zero-order valence-electron chi connectivity index (χ0n) is 13.0. The number of sulfonamides is 1. The Morgan fingerprint density at radius 3 is 2.57 bits per heavy atom. The summed E-state index contributed by atoms with van der Waals surface area (Å²) in [6.07, 6.45) is 1.77. The SMILES string of the molecule is CC1CCN(C(=O)NCCc2ccc(S(N)(=O)=O)cc2)C(=O)C1. The van der Waals surface area contributed by atoms with E-state index in [1.165, 1.54) is 17.0 Å². The number of likely N-dealkylation sites (tertiary alicyclic amines) is 1. The van der Waals surface area contributed by atoms with Crippen molar-refractivity contribution in [3.05, 3.63) is 29.8 Å². The van der Waals surface area contributed by atoms with Gasteiger partial charge >= 0.3 is 6.03 Å². The van der Waals surface area contributed by atoms with E-state index >= 15 is 0 Å². The Hall–Kier alpha value is -1.93. The molecule has 1 atom stereocenters. The Labute approximate surface area is 135 Å². The molecule has 1 aromatic carbocycles. The van der Waals surface area contributed by atoms with Gasteiger partial charge in [0.2, 0.25) is 15.9 Å². The van der Waals surface area contributed by atoms with Gasteiger partial charge in [-0.1, -0.05) is 19.1 Å². The number of rotatable bonds is 4. The molecule has 3 amide bonds. The molecule has 0 bridgehead atoms. The summed E-state index contributed by atoms with van der Waals surface area (Å²) in [6, 6.07) is 5.80. The highest BCUT2D eigenvalue weighted by Gasteiger charge is 2.27. The Bertz CT molecular complexity index is 685. The quantitative estimate of drug-likeness (QED) is 0.847. The predicted molar refractivity (Wildman–Crippen MR) is 85.0 cm³/mol. The van der Waals surface area contributed by atoms with Gasteiger partial charge in [-0.25, -0.2) is 18.4 Å². The highest BCUT2D eigenvalue weighted by molar-refractivity contribution is 7.89. The van der Waals surface area contributed by atoms with E-state index in [1.54, 1.807) is 12.1 Å². The molecule has 1 aliphatic heterocycles. The molecule has 1 aromatic rings. The molecule has 1 aliphatic rings. The molecule has 1 unspecified atom stereocenters. The number of nitrogens with one attached hydrogen (secondary N) is 1. The first-order valence-corrected chi connectivity index (χ1v) is 9.02. The monoisotopic (exact) mass is 339 g/mol. The van der Waals surface area contributed by atoms with Crippen LogP contribution in [0, 0.1) is 5.92 Å². The molecular weight excluding hydrogens is 318 g/mol. The molecule has 23 heavy (non-hydrogen) atoms. The van der Waals surface area contributed by atoms with Crippen molar-refractivity contribution in [3.63, 3.8) is 0 Å². The number of nitrogens with two attached hydrogens (primary N) is 1. The van der Waals surface area contributed by atoms with E-state index in [0.717, 1.165) is 12.0 Å². The van der Waals surface area contributed by atoms with E-state index < -0.39 is 10.0 Å². The van der Waals surface area contributed by atoms with Crippen molar-refractivity contribution in [2.24, 2.45) is 11.1 Å². The first-order valence-electron chi connectivity index (χ1n) is 7.47. The first-order chi connectivity index (χ1) is 10.8. The second-order valence-electron chi connectivity index (χ2n) is 5.81. The number of amides is 3. The van der Waals surface area contributed by atoms with Crippen LogP contribution in [0.1, 0.15) is 25.3 Å². The lowest BCUT2D eigenvalue weighted by Gasteiger charge is -2.28. The number of benzene rings is 1. The minimum Gasteiger partial charge on any atom is -0.337 e. The zero-order valence-corrected chi connectivity index (χ0v) is 13.8. The van der Waals surface area contributed by atoms with Crippen LogP contribution in [0.5, 0.6) is 0 Å². The maximum Gasteiger partial charge on any atom is 0.324 e. The van der Waals surface area contributed by atoms with Crippen LogP contribution in [0.15, 0.2) is 29.2 Å². The van der Waals surface area contributed by atoms with Crippen molar-refractivity contribution in [1.29, 1.82) is 0 Å². The fraction of sp³-hybridized carbons (Fsp3) is 0.467. The van der Waals surface area contributed by atoms with Crippen LogP contribution in [-0.4, -0.2) is 38.3 Å². The Kier molecular flexibility index (Phi) is 5.38. The summed E-state index contributed by atoms with van der Waals surface area (Å²) in [5, 5.41) is 7.74. The lowest BCUT2D eigenvalue weighted by atomic mass is 9.99. The third kappa shape index (κ3) is 4.77. The number of hydrogen-bond acceptors (Lipinski definition) is 4. The van der Waals surface area contributed by atoms with E-state index in [1.807, 2.05) is 6.92 Å². The topological polar surface area (TPSA) is 110 Å². The number of piperidine rings is 1. The molecule has 126 valence electrons. The Balaban J connectivity index is 1.83. The number of primary sulfonamides is 1. The van der Waals surface area contributed by atoms with E-state index in [4.69, 9.17) is 5.14 Å². The molecule has 0 radical (unpaired) electrons. The second kappa shape index (κ2) is 7.10. The van der Waals surface area contributed by atoms with E-state index in [0.29, 0.717) is 31.8 Å². The average molecular weight is 339 g/mol. The predicted octanol–water partition coefficient (Wildman–Crippen LogP) is 0.845. The van der Waals surface area contributed by atoms with Gasteiger partial charge in [-0.2, -0.15) is 0 Å². The summed E-state index contributed by atoms with van der Waals surface area (Å²) in [6.45, 7) is 2.82. The van der Waals surface area contributed by atoms with Gasteiger partial charge in [0, 0.05) is 19.5 Å². The summed E-state index contributed by atoms with van der Waals surface area (Å²) >= 11 is 0. The molecule has 0 aliphatic carbocycles. The van der Waals surface area contributed by atoms with Crippen molar-refractivity contribution in [1.82, 2.24) is 10.2 Å². The van der Waals surface area contributed by atoms with Crippen molar-refractivity contribution in [2.45, 2.75) is 31.1 Å². The molecule has 7 nitrogen and oxygen atoms in total. The van der Waals surface area contributed by atoms with Gasteiger partial charge in [0.05, 0.1) is 4.90 Å². The van der Waals surface area contributed by atoms with Gasteiger partial charge in [0.1, 0.15) is 0 Å². The second-order valence-corrected chi connectivity index (χ2v) is 7.38. The molecule has 0 spiro atoms. The number of urea groups is 1. The molecular formula is C15H21N3O4S. The summed E-state index contributed by atoms with van der Waals surface area (Å²) in [4.78, 5) is 25.1. The van der Waals surface area contributed by atoms with E-state index in [-0.39, 0.29) is 16.8 Å². The molecule has 0 aromatic heterocycles. The molecule has 1 saturated heterocycles. The number of carbonyl (C=O) groups is 2. The standard InChI is InChI=1S/C15H21N3O4S/c1-11-7-9-18(14(19)10-11)15(20)17-8-6-12-2-4-13(5-3-12)23(16,21)22/h2-5,11H,6-10H2,1H3,(H,17,20)(H2,16,21,22). The molecule has 8 heteroatoms. The van der Waals surface area contributed by atoms with Gasteiger partial charge in [0.15, 0.2) is 0 Å². The largest absolute Gasteiger partial charge is 0.337 e. The number of carbonyl (C=O) groups excluding carboxylic acids is 2. The van der Waals surface area contributed by atoms with Crippen LogP contribution in [0.3, 0.4) is 0 Å². The van der Waals surface area contributed by atoms with Crippen LogP contribution in [0.4, 0.5) is 4.79 Å². The van der Waals surface area contributed by atoms with Crippen LogP contribution in [0.25, 0.3) is 0 Å². The number of nitrogens with zero attached hydrogens (tertiary/aromatic N) is 1. The number of imide groups is 1. The third-order valence-corrected chi connectivity index (χ3v) is 4.79. The maximum absolute atomic E-state index is 12.0. The average Bonchev–Trinajstić information content (AvgIpc) is 2.46. The Morgan fingerprint density at radius 2 is 2.00 bits per heavy atom. The van der Waals surface area contributed by atoms with Gasteiger partial charge < -0.3 is 5.32 Å². The van der Waals surface area contributed by atoms with Crippen LogP contribution < -0.4 is 10.5 Å². The minimum atomic E-state index is -3.69.